The van der Waals surface area contributed by atoms with Gasteiger partial charge in [-0.3, -0.25) is 9.59 Å². The summed E-state index contributed by atoms with van der Waals surface area (Å²) < 4.78 is 0. The third-order valence-electron chi connectivity index (χ3n) is 6.01. The molecule has 1 aliphatic carbocycles. The standard InChI is InChI=1S/C21H28Cl2N2O3/c1-13(2)18(26)21(7-8-21)12-24-19(27)15-4-3-9-25(11-15)20(28)14-5-6-16(22)17(23)10-14/h5-6,10,13,15,18,26H,3-4,7-9,11-12H2,1-2H3,(H,24,27)/t15-,18+/m1/s1. The van der Waals surface area contributed by atoms with E-state index in [2.05, 4.69) is 5.32 Å². The molecule has 7 heteroatoms. The van der Waals surface area contributed by atoms with Gasteiger partial charge in [0.1, 0.15) is 0 Å². The number of nitrogens with one attached hydrogen (secondary N) is 1. The Morgan fingerprint density at radius 1 is 1.29 bits per heavy atom. The van der Waals surface area contributed by atoms with E-state index in [1.807, 2.05) is 13.8 Å². The van der Waals surface area contributed by atoms with Gasteiger partial charge >= 0.3 is 0 Å². The molecule has 2 atom stereocenters. The molecule has 0 spiro atoms. The van der Waals surface area contributed by atoms with Crippen molar-refractivity contribution >= 4 is 35.0 Å². The number of hydrogen-bond donors (Lipinski definition) is 2. The average molecular weight is 427 g/mol. The van der Waals surface area contributed by atoms with E-state index in [1.54, 1.807) is 23.1 Å². The first kappa shape index (κ1) is 21.4. The van der Waals surface area contributed by atoms with Gasteiger partial charge in [-0.25, -0.2) is 0 Å². The molecule has 1 saturated heterocycles. The summed E-state index contributed by atoms with van der Waals surface area (Å²) in [6.07, 6.45) is 3.03. The summed E-state index contributed by atoms with van der Waals surface area (Å²) >= 11 is 12.0. The lowest BCUT2D eigenvalue weighted by molar-refractivity contribution is -0.126. The van der Waals surface area contributed by atoms with Crippen LogP contribution in [0.15, 0.2) is 18.2 Å². The first-order valence-electron chi connectivity index (χ1n) is 9.93. The van der Waals surface area contributed by atoms with Crippen molar-refractivity contribution < 1.29 is 14.7 Å². The van der Waals surface area contributed by atoms with Crippen LogP contribution in [0.25, 0.3) is 0 Å². The van der Waals surface area contributed by atoms with Crippen molar-refractivity contribution in [3.63, 3.8) is 0 Å². The predicted octanol–water partition coefficient (Wildman–Crippen LogP) is 3.76. The topological polar surface area (TPSA) is 69.6 Å². The third kappa shape index (κ3) is 4.64. The third-order valence-corrected chi connectivity index (χ3v) is 6.75. The van der Waals surface area contributed by atoms with Crippen LogP contribution in [0.3, 0.4) is 0 Å². The van der Waals surface area contributed by atoms with E-state index < -0.39 is 6.10 Å². The Labute approximate surface area is 176 Å². The van der Waals surface area contributed by atoms with Gasteiger partial charge in [0, 0.05) is 30.6 Å². The Bertz CT molecular complexity index is 749. The number of carbonyl (C=O) groups is 2. The Morgan fingerprint density at radius 3 is 2.61 bits per heavy atom. The number of piperidine rings is 1. The van der Waals surface area contributed by atoms with Crippen LogP contribution in [-0.4, -0.2) is 47.6 Å². The highest BCUT2D eigenvalue weighted by Gasteiger charge is 2.50. The van der Waals surface area contributed by atoms with Gasteiger partial charge in [-0.15, -0.1) is 0 Å². The second-order valence-electron chi connectivity index (χ2n) is 8.49. The predicted molar refractivity (Wildman–Crippen MR) is 111 cm³/mol. The molecule has 1 aromatic rings. The number of nitrogens with zero attached hydrogens (tertiary/aromatic N) is 1. The van der Waals surface area contributed by atoms with Crippen LogP contribution in [0.4, 0.5) is 0 Å². The minimum Gasteiger partial charge on any atom is -0.392 e. The van der Waals surface area contributed by atoms with Crippen LogP contribution in [0.2, 0.25) is 10.0 Å². The fourth-order valence-electron chi connectivity index (χ4n) is 4.04. The minimum absolute atomic E-state index is 0.0335. The quantitative estimate of drug-likeness (QED) is 0.727. The maximum Gasteiger partial charge on any atom is 0.253 e. The average Bonchev–Trinajstić information content (AvgIpc) is 3.48. The molecule has 154 valence electrons. The zero-order valence-electron chi connectivity index (χ0n) is 16.4. The second-order valence-corrected chi connectivity index (χ2v) is 9.30. The number of benzene rings is 1. The Balaban J connectivity index is 1.57. The second kappa shape index (κ2) is 8.60. The van der Waals surface area contributed by atoms with Gasteiger partial charge in [0.05, 0.1) is 22.1 Å². The molecule has 1 saturated carbocycles. The van der Waals surface area contributed by atoms with E-state index in [0.29, 0.717) is 35.2 Å². The van der Waals surface area contributed by atoms with Gasteiger partial charge in [-0.1, -0.05) is 37.0 Å². The molecule has 0 radical (unpaired) electrons. The highest BCUT2D eigenvalue weighted by Crippen LogP contribution is 2.50. The summed E-state index contributed by atoms with van der Waals surface area (Å²) in [7, 11) is 0. The lowest BCUT2D eigenvalue weighted by Gasteiger charge is -2.33. The van der Waals surface area contributed by atoms with E-state index in [-0.39, 0.29) is 29.1 Å². The fourth-order valence-corrected chi connectivity index (χ4v) is 4.34. The van der Waals surface area contributed by atoms with Crippen LogP contribution < -0.4 is 5.32 Å². The molecule has 2 fully saturated rings. The number of likely N-dealkylation sites (tertiary alicyclic amines) is 1. The number of hydrogen-bond acceptors (Lipinski definition) is 3. The van der Waals surface area contributed by atoms with Gasteiger partial charge in [0.25, 0.3) is 5.91 Å². The maximum atomic E-state index is 12.8. The van der Waals surface area contributed by atoms with Gasteiger partial charge in [0.2, 0.25) is 5.91 Å². The largest absolute Gasteiger partial charge is 0.392 e. The van der Waals surface area contributed by atoms with E-state index in [9.17, 15) is 14.7 Å². The molecular weight excluding hydrogens is 399 g/mol. The van der Waals surface area contributed by atoms with Crippen LogP contribution in [0.5, 0.6) is 0 Å². The highest BCUT2D eigenvalue weighted by molar-refractivity contribution is 6.42. The molecule has 2 aliphatic rings. The van der Waals surface area contributed by atoms with E-state index in [0.717, 1.165) is 25.7 Å². The van der Waals surface area contributed by atoms with Gasteiger partial charge in [-0.05, 0) is 49.8 Å². The number of carbonyl (C=O) groups excluding carboxylic acids is 2. The maximum absolute atomic E-state index is 12.8. The lowest BCUT2D eigenvalue weighted by atomic mass is 9.89. The molecule has 28 heavy (non-hydrogen) atoms. The molecule has 5 nitrogen and oxygen atoms in total. The normalized spacial score (nSPS) is 22.1. The molecule has 1 heterocycles. The van der Waals surface area contributed by atoms with E-state index in [1.165, 1.54) is 0 Å². The summed E-state index contributed by atoms with van der Waals surface area (Å²) in [6, 6.07) is 4.84. The Hall–Kier alpha value is -1.30. The van der Waals surface area contributed by atoms with Crippen molar-refractivity contribution in [2.24, 2.45) is 17.3 Å². The van der Waals surface area contributed by atoms with Crippen molar-refractivity contribution in [1.82, 2.24) is 10.2 Å². The van der Waals surface area contributed by atoms with Gasteiger partial charge in [-0.2, -0.15) is 0 Å². The summed E-state index contributed by atoms with van der Waals surface area (Å²) in [4.78, 5) is 27.2. The van der Waals surface area contributed by atoms with Crippen LogP contribution in [0.1, 0.15) is 49.9 Å². The molecule has 2 amide bonds. The summed E-state index contributed by atoms with van der Waals surface area (Å²) in [5.41, 5.74) is 0.307. The molecule has 1 aliphatic heterocycles. The number of rotatable bonds is 6. The van der Waals surface area contributed by atoms with Crippen molar-refractivity contribution in [3.8, 4) is 0 Å². The molecule has 2 N–H and O–H groups in total. The van der Waals surface area contributed by atoms with Gasteiger partial charge in [0.15, 0.2) is 0 Å². The molecule has 0 bridgehead atoms. The van der Waals surface area contributed by atoms with Crippen LogP contribution >= 0.6 is 23.2 Å². The zero-order chi connectivity index (χ0) is 20.5. The monoisotopic (exact) mass is 426 g/mol. The smallest absolute Gasteiger partial charge is 0.253 e. The number of amides is 2. The summed E-state index contributed by atoms with van der Waals surface area (Å²) in [6.45, 7) is 5.52. The Kier molecular flexibility index (Phi) is 6.58. The molecule has 3 rings (SSSR count). The minimum atomic E-state index is -0.396. The van der Waals surface area contributed by atoms with Crippen LogP contribution in [0, 0.1) is 17.3 Å². The van der Waals surface area contributed by atoms with Gasteiger partial charge < -0.3 is 15.3 Å². The Morgan fingerprint density at radius 2 is 2.00 bits per heavy atom. The van der Waals surface area contributed by atoms with E-state index >= 15 is 0 Å². The summed E-state index contributed by atoms with van der Waals surface area (Å²) in [5.74, 6) is -0.223. The first-order valence-corrected chi connectivity index (χ1v) is 10.7. The molecule has 0 unspecified atom stereocenters. The lowest BCUT2D eigenvalue weighted by Crippen LogP contribution is -2.47. The van der Waals surface area contributed by atoms with Crippen molar-refractivity contribution in [2.45, 2.75) is 45.6 Å². The highest BCUT2D eigenvalue weighted by atomic mass is 35.5. The zero-order valence-corrected chi connectivity index (χ0v) is 17.9. The molecule has 0 aromatic heterocycles. The van der Waals surface area contributed by atoms with Crippen LogP contribution in [-0.2, 0) is 4.79 Å². The molecular formula is C21H28Cl2N2O3. The van der Waals surface area contributed by atoms with Crippen molar-refractivity contribution in [1.29, 1.82) is 0 Å². The fraction of sp³-hybridized carbons (Fsp3) is 0.619. The number of aliphatic hydroxyl groups excluding tert-OH is 1. The number of halogens is 2. The van der Waals surface area contributed by atoms with Crippen molar-refractivity contribution in [3.05, 3.63) is 33.8 Å². The SMILES string of the molecule is CC(C)[C@H](O)C1(CNC(=O)[C@@H]2CCCN(C(=O)c3ccc(Cl)c(Cl)c3)C2)CC1. The van der Waals surface area contributed by atoms with Crippen molar-refractivity contribution in [2.75, 3.05) is 19.6 Å². The molecule has 1 aromatic carbocycles. The van der Waals surface area contributed by atoms with E-state index in [4.69, 9.17) is 23.2 Å². The first-order chi connectivity index (χ1) is 13.2. The number of aliphatic hydroxyl groups is 1. The summed E-state index contributed by atoms with van der Waals surface area (Å²) in [5, 5.41) is 14.2.